The van der Waals surface area contributed by atoms with Crippen molar-refractivity contribution in [3.8, 4) is 0 Å². The highest BCUT2D eigenvalue weighted by molar-refractivity contribution is 5.96. The number of furan rings is 1. The first kappa shape index (κ1) is 17.3. The number of aryl methyl sites for hydroxylation is 1. The summed E-state index contributed by atoms with van der Waals surface area (Å²) >= 11 is 0. The molecule has 0 aliphatic rings. The number of carboxylic acid groups (broad SMARTS) is 1. The van der Waals surface area contributed by atoms with Crippen molar-refractivity contribution < 1.29 is 19.1 Å². The highest BCUT2D eigenvalue weighted by Crippen LogP contribution is 2.18. The molecule has 5 nitrogen and oxygen atoms in total. The van der Waals surface area contributed by atoms with Gasteiger partial charge in [0.2, 0.25) is 0 Å². The number of nitrogens with zero attached hydrogens (tertiary/aromatic N) is 1. The average molecular weight is 295 g/mol. The number of carboxylic acids is 1. The van der Waals surface area contributed by atoms with Gasteiger partial charge in [-0.05, 0) is 12.8 Å². The summed E-state index contributed by atoms with van der Waals surface area (Å²) in [6.07, 6.45) is 4.34. The first-order valence-corrected chi connectivity index (χ1v) is 7.70. The van der Waals surface area contributed by atoms with Crippen LogP contribution in [0, 0.1) is 0 Å². The van der Waals surface area contributed by atoms with Crippen molar-refractivity contribution in [2.24, 2.45) is 0 Å². The fraction of sp³-hybridized carbons (Fsp3) is 0.625. The molecule has 0 saturated heterocycles. The van der Waals surface area contributed by atoms with E-state index in [9.17, 15) is 9.59 Å². The van der Waals surface area contributed by atoms with Crippen LogP contribution in [0.1, 0.15) is 73.1 Å². The second-order valence-corrected chi connectivity index (χ2v) is 5.11. The lowest BCUT2D eigenvalue weighted by Crippen LogP contribution is -2.32. The zero-order valence-corrected chi connectivity index (χ0v) is 13.1. The maximum absolute atomic E-state index is 12.5. The Balaban J connectivity index is 2.93. The molecule has 1 aromatic heterocycles. The fourth-order valence-corrected chi connectivity index (χ4v) is 2.15. The van der Waals surface area contributed by atoms with Crippen LogP contribution in [-0.4, -0.2) is 35.0 Å². The molecule has 0 aliphatic carbocycles. The number of amides is 1. The quantitative estimate of drug-likeness (QED) is 0.756. The van der Waals surface area contributed by atoms with E-state index in [1.54, 1.807) is 4.90 Å². The van der Waals surface area contributed by atoms with Crippen molar-refractivity contribution in [2.75, 3.05) is 13.1 Å². The van der Waals surface area contributed by atoms with Gasteiger partial charge >= 0.3 is 5.97 Å². The molecule has 0 fully saturated rings. The van der Waals surface area contributed by atoms with E-state index in [1.165, 1.54) is 6.07 Å². The Morgan fingerprint density at radius 2 is 1.71 bits per heavy atom. The van der Waals surface area contributed by atoms with Gasteiger partial charge in [0.1, 0.15) is 11.3 Å². The van der Waals surface area contributed by atoms with Crippen molar-refractivity contribution in [3.63, 3.8) is 0 Å². The van der Waals surface area contributed by atoms with Gasteiger partial charge in [0.25, 0.3) is 5.91 Å². The molecular weight excluding hydrogens is 270 g/mol. The van der Waals surface area contributed by atoms with Crippen LogP contribution in [0.15, 0.2) is 10.5 Å². The van der Waals surface area contributed by atoms with E-state index in [1.807, 2.05) is 6.92 Å². The smallest absolute Gasteiger partial charge is 0.339 e. The molecular formula is C16H25NO4. The Kier molecular flexibility index (Phi) is 6.99. The van der Waals surface area contributed by atoms with Crippen molar-refractivity contribution >= 4 is 11.9 Å². The van der Waals surface area contributed by atoms with Crippen molar-refractivity contribution in [3.05, 3.63) is 23.2 Å². The van der Waals surface area contributed by atoms with Crippen LogP contribution in [0.3, 0.4) is 0 Å². The molecule has 1 heterocycles. The van der Waals surface area contributed by atoms with Crippen LogP contribution in [0.25, 0.3) is 0 Å². The first-order valence-electron chi connectivity index (χ1n) is 7.70. The summed E-state index contributed by atoms with van der Waals surface area (Å²) in [5, 5.41) is 9.13. The summed E-state index contributed by atoms with van der Waals surface area (Å²) in [7, 11) is 0. The predicted octanol–water partition coefficient (Wildman–Crippen LogP) is 3.58. The van der Waals surface area contributed by atoms with Gasteiger partial charge in [0, 0.05) is 25.6 Å². The van der Waals surface area contributed by atoms with Gasteiger partial charge in [-0.2, -0.15) is 0 Å². The molecule has 0 aliphatic heterocycles. The lowest BCUT2D eigenvalue weighted by atomic mass is 10.2. The lowest BCUT2D eigenvalue weighted by Gasteiger charge is -2.21. The van der Waals surface area contributed by atoms with Crippen LogP contribution < -0.4 is 0 Å². The van der Waals surface area contributed by atoms with E-state index in [0.717, 1.165) is 25.7 Å². The van der Waals surface area contributed by atoms with Gasteiger partial charge in [-0.1, -0.05) is 33.6 Å². The van der Waals surface area contributed by atoms with E-state index < -0.39 is 5.97 Å². The zero-order valence-electron chi connectivity index (χ0n) is 13.1. The Morgan fingerprint density at radius 3 is 2.10 bits per heavy atom. The number of unbranched alkanes of at least 4 members (excludes halogenated alkanes) is 2. The third-order valence-electron chi connectivity index (χ3n) is 3.42. The van der Waals surface area contributed by atoms with E-state index in [2.05, 4.69) is 13.8 Å². The molecule has 118 valence electrons. The Morgan fingerprint density at radius 1 is 1.14 bits per heavy atom. The van der Waals surface area contributed by atoms with Gasteiger partial charge < -0.3 is 14.4 Å². The van der Waals surface area contributed by atoms with Gasteiger partial charge in [-0.15, -0.1) is 0 Å². The minimum absolute atomic E-state index is 0.0896. The minimum atomic E-state index is -1.05. The van der Waals surface area contributed by atoms with Crippen molar-refractivity contribution in [2.45, 2.75) is 52.9 Å². The molecule has 1 aromatic rings. The highest BCUT2D eigenvalue weighted by atomic mass is 16.4. The summed E-state index contributed by atoms with van der Waals surface area (Å²) in [6, 6.07) is 1.36. The Bertz CT molecular complexity index is 471. The standard InChI is InChI=1S/C16H25NO4/c1-4-7-9-17(10-8-5-2)15(18)14-11-12(16(19)20)13(6-3)21-14/h11H,4-10H2,1-3H3,(H,19,20). The molecule has 0 radical (unpaired) electrons. The minimum Gasteiger partial charge on any atom is -0.478 e. The van der Waals surface area contributed by atoms with E-state index in [-0.39, 0.29) is 17.2 Å². The number of carbonyl (C=O) groups is 2. The molecule has 0 saturated carbocycles. The molecule has 0 spiro atoms. The largest absolute Gasteiger partial charge is 0.478 e. The SMILES string of the molecule is CCCCN(CCCC)C(=O)c1cc(C(=O)O)c(CC)o1. The molecule has 0 bridgehead atoms. The molecule has 0 aromatic carbocycles. The van der Waals surface area contributed by atoms with Gasteiger partial charge in [-0.25, -0.2) is 4.79 Å². The molecule has 1 N–H and O–H groups in total. The zero-order chi connectivity index (χ0) is 15.8. The monoisotopic (exact) mass is 295 g/mol. The van der Waals surface area contributed by atoms with E-state index in [0.29, 0.717) is 25.3 Å². The summed E-state index contributed by atoms with van der Waals surface area (Å²) in [5.74, 6) is -0.768. The maximum Gasteiger partial charge on any atom is 0.339 e. The van der Waals surface area contributed by atoms with E-state index in [4.69, 9.17) is 9.52 Å². The first-order chi connectivity index (χ1) is 10.0. The Labute approximate surface area is 125 Å². The second kappa shape index (κ2) is 8.49. The summed E-state index contributed by atoms with van der Waals surface area (Å²) < 4.78 is 5.46. The summed E-state index contributed by atoms with van der Waals surface area (Å²) in [5.41, 5.74) is 0.0896. The highest BCUT2D eigenvalue weighted by Gasteiger charge is 2.23. The van der Waals surface area contributed by atoms with Crippen LogP contribution >= 0.6 is 0 Å². The van der Waals surface area contributed by atoms with Gasteiger partial charge in [0.15, 0.2) is 5.76 Å². The van der Waals surface area contributed by atoms with Crippen LogP contribution in [-0.2, 0) is 6.42 Å². The lowest BCUT2D eigenvalue weighted by molar-refractivity contribution is 0.0690. The third kappa shape index (κ3) is 4.62. The molecule has 21 heavy (non-hydrogen) atoms. The number of carbonyl (C=O) groups excluding carboxylic acids is 1. The van der Waals surface area contributed by atoms with Gasteiger partial charge in [0.05, 0.1) is 0 Å². The number of hydrogen-bond acceptors (Lipinski definition) is 3. The molecule has 1 amide bonds. The number of rotatable bonds is 9. The van der Waals surface area contributed by atoms with Crippen molar-refractivity contribution in [1.82, 2.24) is 4.90 Å². The van der Waals surface area contributed by atoms with Crippen molar-refractivity contribution in [1.29, 1.82) is 0 Å². The molecule has 5 heteroatoms. The Hall–Kier alpha value is -1.78. The van der Waals surface area contributed by atoms with Gasteiger partial charge in [-0.3, -0.25) is 4.79 Å². The third-order valence-corrected chi connectivity index (χ3v) is 3.42. The van der Waals surface area contributed by atoms with E-state index >= 15 is 0 Å². The molecule has 0 unspecified atom stereocenters. The number of hydrogen-bond donors (Lipinski definition) is 1. The molecule has 0 atom stereocenters. The summed E-state index contributed by atoms with van der Waals surface area (Å²) in [4.78, 5) is 25.4. The van der Waals surface area contributed by atoms with Crippen LogP contribution in [0.5, 0.6) is 0 Å². The number of aromatic carboxylic acids is 1. The normalized spacial score (nSPS) is 10.6. The topological polar surface area (TPSA) is 70.8 Å². The summed E-state index contributed by atoms with van der Waals surface area (Å²) in [6.45, 7) is 7.32. The average Bonchev–Trinajstić information content (AvgIpc) is 2.91. The second-order valence-electron chi connectivity index (χ2n) is 5.11. The maximum atomic E-state index is 12.5. The van der Waals surface area contributed by atoms with Crippen LogP contribution in [0.2, 0.25) is 0 Å². The predicted molar refractivity (Wildman–Crippen MR) is 80.8 cm³/mol. The van der Waals surface area contributed by atoms with Crippen LogP contribution in [0.4, 0.5) is 0 Å². The fourth-order valence-electron chi connectivity index (χ4n) is 2.15. The molecule has 1 rings (SSSR count).